The first-order chi connectivity index (χ1) is 11.7. The third kappa shape index (κ3) is 3.48. The summed E-state index contributed by atoms with van der Waals surface area (Å²) < 4.78 is 1.92. The zero-order valence-electron chi connectivity index (χ0n) is 14.5. The van der Waals surface area contributed by atoms with Gasteiger partial charge in [0.2, 0.25) is 0 Å². The van der Waals surface area contributed by atoms with Crippen LogP contribution in [0, 0.1) is 13.8 Å². The summed E-state index contributed by atoms with van der Waals surface area (Å²) in [4.78, 5) is 8.80. The molecule has 0 aromatic carbocycles. The zero-order valence-corrected chi connectivity index (χ0v) is 14.5. The maximum atomic E-state index is 4.70. The van der Waals surface area contributed by atoms with Crippen LogP contribution in [0.25, 0.3) is 5.65 Å². The Morgan fingerprint density at radius 2 is 2.00 bits per heavy atom. The van der Waals surface area contributed by atoms with Gasteiger partial charge >= 0.3 is 0 Å². The van der Waals surface area contributed by atoms with Crippen LogP contribution in [0.5, 0.6) is 0 Å². The number of hydrogen-bond acceptors (Lipinski definition) is 5. The minimum Gasteiger partial charge on any atom is -0.384 e. The van der Waals surface area contributed by atoms with Crippen LogP contribution in [-0.2, 0) is 6.42 Å². The Balaban J connectivity index is 1.63. The fraction of sp³-hybridized carbons (Fsp3) is 0.389. The summed E-state index contributed by atoms with van der Waals surface area (Å²) in [5.74, 6) is 1.01. The molecule has 0 atom stereocenters. The van der Waals surface area contributed by atoms with E-state index in [4.69, 9.17) is 4.98 Å². The molecule has 0 fully saturated rings. The average molecular weight is 324 g/mol. The molecule has 0 saturated heterocycles. The molecule has 3 aromatic heterocycles. The van der Waals surface area contributed by atoms with Gasteiger partial charge in [-0.25, -0.2) is 4.98 Å². The summed E-state index contributed by atoms with van der Waals surface area (Å²) in [5, 5.41) is 11.5. The summed E-state index contributed by atoms with van der Waals surface area (Å²) in [7, 11) is 0. The predicted octanol–water partition coefficient (Wildman–Crippen LogP) is 3.22. The van der Waals surface area contributed by atoms with Crippen molar-refractivity contribution in [1.82, 2.24) is 19.6 Å². The molecule has 3 rings (SSSR count). The van der Waals surface area contributed by atoms with Gasteiger partial charge in [0, 0.05) is 42.8 Å². The summed E-state index contributed by atoms with van der Waals surface area (Å²) >= 11 is 0. The van der Waals surface area contributed by atoms with Gasteiger partial charge in [-0.3, -0.25) is 4.98 Å². The molecule has 0 unspecified atom stereocenters. The minimum absolute atomic E-state index is 0.869. The second-order valence-electron chi connectivity index (χ2n) is 5.88. The summed E-state index contributed by atoms with van der Waals surface area (Å²) in [6.45, 7) is 7.99. The lowest BCUT2D eigenvalue weighted by Crippen LogP contribution is -2.12. The van der Waals surface area contributed by atoms with Crippen LogP contribution in [0.2, 0.25) is 0 Å². The van der Waals surface area contributed by atoms with Gasteiger partial charge in [0.25, 0.3) is 0 Å². The Bertz CT molecular complexity index is 809. The van der Waals surface area contributed by atoms with Crippen molar-refractivity contribution in [3.63, 3.8) is 0 Å². The van der Waals surface area contributed by atoms with E-state index in [9.17, 15) is 0 Å². The highest BCUT2D eigenvalue weighted by molar-refractivity contribution is 5.56. The van der Waals surface area contributed by atoms with Crippen molar-refractivity contribution >= 4 is 17.2 Å². The maximum Gasteiger partial charge on any atom is 0.160 e. The van der Waals surface area contributed by atoms with E-state index in [2.05, 4.69) is 40.6 Å². The molecule has 3 aromatic rings. The SMILES string of the molecule is CCc1cc(NCCCNc2cccnc2)n2nc(C)c(C)c2n1. The van der Waals surface area contributed by atoms with Crippen LogP contribution in [0.4, 0.5) is 11.5 Å². The van der Waals surface area contributed by atoms with Crippen molar-refractivity contribution in [2.45, 2.75) is 33.6 Å². The van der Waals surface area contributed by atoms with Crippen LogP contribution in [0.3, 0.4) is 0 Å². The summed E-state index contributed by atoms with van der Waals surface area (Å²) in [6, 6.07) is 6.05. The molecule has 0 bridgehead atoms. The van der Waals surface area contributed by atoms with E-state index in [-0.39, 0.29) is 0 Å². The van der Waals surface area contributed by atoms with Crippen LogP contribution >= 0.6 is 0 Å². The number of fused-ring (bicyclic) bond motifs is 1. The molecule has 0 aliphatic carbocycles. The molecule has 0 saturated carbocycles. The van der Waals surface area contributed by atoms with Crippen molar-refractivity contribution in [2.24, 2.45) is 0 Å². The van der Waals surface area contributed by atoms with Gasteiger partial charge in [0.15, 0.2) is 5.65 Å². The molecule has 6 nitrogen and oxygen atoms in total. The molecule has 126 valence electrons. The quantitative estimate of drug-likeness (QED) is 0.653. The topological polar surface area (TPSA) is 67.1 Å². The monoisotopic (exact) mass is 324 g/mol. The fourth-order valence-corrected chi connectivity index (χ4v) is 2.59. The van der Waals surface area contributed by atoms with E-state index < -0.39 is 0 Å². The first-order valence-corrected chi connectivity index (χ1v) is 8.42. The molecule has 2 N–H and O–H groups in total. The first kappa shape index (κ1) is 16.2. The summed E-state index contributed by atoms with van der Waals surface area (Å²) in [5.41, 5.74) is 5.25. The van der Waals surface area contributed by atoms with Gasteiger partial charge in [-0.15, -0.1) is 0 Å². The van der Waals surface area contributed by atoms with Crippen molar-refractivity contribution < 1.29 is 0 Å². The number of nitrogens with one attached hydrogen (secondary N) is 2. The number of nitrogens with zero attached hydrogens (tertiary/aromatic N) is 4. The highest BCUT2D eigenvalue weighted by Gasteiger charge is 2.11. The molecular weight excluding hydrogens is 300 g/mol. The Morgan fingerprint density at radius 3 is 2.75 bits per heavy atom. The number of anilines is 2. The number of pyridine rings is 1. The molecular formula is C18H24N6. The third-order valence-electron chi connectivity index (χ3n) is 4.12. The molecule has 0 radical (unpaired) electrons. The van der Waals surface area contributed by atoms with Crippen LogP contribution in [0.15, 0.2) is 30.6 Å². The second kappa shape index (κ2) is 7.29. The lowest BCUT2D eigenvalue weighted by Gasteiger charge is -2.11. The average Bonchev–Trinajstić information content (AvgIpc) is 2.90. The van der Waals surface area contributed by atoms with E-state index in [1.54, 1.807) is 6.20 Å². The smallest absolute Gasteiger partial charge is 0.160 e. The maximum absolute atomic E-state index is 4.70. The highest BCUT2D eigenvalue weighted by Crippen LogP contribution is 2.18. The standard InChI is InChI=1S/C18H24N6/c1-4-15-11-17(24-18(22-15)13(2)14(3)23-24)21-10-6-9-20-16-7-5-8-19-12-16/h5,7-8,11-12,20-21H,4,6,9-10H2,1-3H3. The van der Waals surface area contributed by atoms with E-state index in [0.29, 0.717) is 0 Å². The largest absolute Gasteiger partial charge is 0.384 e. The lowest BCUT2D eigenvalue weighted by molar-refractivity contribution is 0.859. The molecule has 0 amide bonds. The van der Waals surface area contributed by atoms with Crippen molar-refractivity contribution in [3.05, 3.63) is 47.5 Å². The predicted molar refractivity (Wildman–Crippen MR) is 97.7 cm³/mol. The first-order valence-electron chi connectivity index (χ1n) is 8.42. The highest BCUT2D eigenvalue weighted by atomic mass is 15.3. The number of hydrogen-bond donors (Lipinski definition) is 2. The van der Waals surface area contributed by atoms with E-state index in [0.717, 1.165) is 60.0 Å². The normalized spacial score (nSPS) is 11.0. The Kier molecular flexibility index (Phi) is 4.93. The van der Waals surface area contributed by atoms with Crippen molar-refractivity contribution in [2.75, 3.05) is 23.7 Å². The van der Waals surface area contributed by atoms with E-state index in [1.165, 1.54) is 0 Å². The third-order valence-corrected chi connectivity index (χ3v) is 4.12. The number of rotatable bonds is 7. The summed E-state index contributed by atoms with van der Waals surface area (Å²) in [6.07, 6.45) is 5.53. The van der Waals surface area contributed by atoms with Crippen molar-refractivity contribution in [3.8, 4) is 0 Å². The van der Waals surface area contributed by atoms with Crippen LogP contribution in [0.1, 0.15) is 30.3 Å². The molecule has 0 aliphatic heterocycles. The van der Waals surface area contributed by atoms with Gasteiger partial charge in [0.1, 0.15) is 5.82 Å². The lowest BCUT2D eigenvalue weighted by atomic mass is 10.2. The Labute approximate surface area is 142 Å². The number of aryl methyl sites for hydroxylation is 3. The van der Waals surface area contributed by atoms with E-state index in [1.807, 2.05) is 29.8 Å². The molecule has 0 aliphatic rings. The second-order valence-corrected chi connectivity index (χ2v) is 5.88. The molecule has 24 heavy (non-hydrogen) atoms. The van der Waals surface area contributed by atoms with Crippen LogP contribution < -0.4 is 10.6 Å². The van der Waals surface area contributed by atoms with Crippen LogP contribution in [-0.4, -0.2) is 32.7 Å². The Hall–Kier alpha value is -2.63. The van der Waals surface area contributed by atoms with Gasteiger partial charge in [0.05, 0.1) is 11.4 Å². The zero-order chi connectivity index (χ0) is 16.9. The molecule has 6 heteroatoms. The van der Waals surface area contributed by atoms with E-state index >= 15 is 0 Å². The molecule has 3 heterocycles. The van der Waals surface area contributed by atoms with Gasteiger partial charge in [-0.2, -0.15) is 9.61 Å². The Morgan fingerprint density at radius 1 is 1.17 bits per heavy atom. The van der Waals surface area contributed by atoms with Crippen molar-refractivity contribution in [1.29, 1.82) is 0 Å². The minimum atomic E-state index is 0.869. The van der Waals surface area contributed by atoms with Gasteiger partial charge < -0.3 is 10.6 Å². The molecule has 0 spiro atoms. The number of aromatic nitrogens is 4. The van der Waals surface area contributed by atoms with Gasteiger partial charge in [-0.1, -0.05) is 6.92 Å². The van der Waals surface area contributed by atoms with Gasteiger partial charge in [-0.05, 0) is 38.8 Å². The fourth-order valence-electron chi connectivity index (χ4n) is 2.59.